The van der Waals surface area contributed by atoms with Gasteiger partial charge in [-0.05, 0) is 30.5 Å². The van der Waals surface area contributed by atoms with Crippen molar-refractivity contribution in [3.63, 3.8) is 0 Å². The number of esters is 1. The standard InChI is InChI=1S/C20H21NO3S/c1-2-24-18(22)14-25-20-17-11-7-6-10-16(17)19(23)21(20)13-12-15-8-4-3-5-9-15/h3-11,20H,2,12-14H2,1H3. The lowest BCUT2D eigenvalue weighted by Gasteiger charge is -2.24. The van der Waals surface area contributed by atoms with Gasteiger partial charge < -0.3 is 9.64 Å². The van der Waals surface area contributed by atoms with E-state index >= 15 is 0 Å². The van der Waals surface area contributed by atoms with Gasteiger partial charge in [0.05, 0.1) is 12.4 Å². The molecule has 4 nitrogen and oxygen atoms in total. The molecule has 130 valence electrons. The summed E-state index contributed by atoms with van der Waals surface area (Å²) in [5.41, 5.74) is 2.91. The van der Waals surface area contributed by atoms with Crippen LogP contribution in [-0.2, 0) is 16.0 Å². The highest BCUT2D eigenvalue weighted by Gasteiger charge is 2.36. The van der Waals surface area contributed by atoms with E-state index in [0.29, 0.717) is 13.2 Å². The van der Waals surface area contributed by atoms with Crippen molar-refractivity contribution in [2.75, 3.05) is 18.9 Å². The molecule has 2 aromatic carbocycles. The van der Waals surface area contributed by atoms with Crippen molar-refractivity contribution >= 4 is 23.6 Å². The minimum atomic E-state index is -0.243. The van der Waals surface area contributed by atoms with Crippen LogP contribution in [0.5, 0.6) is 0 Å². The summed E-state index contributed by atoms with van der Waals surface area (Å²) in [6, 6.07) is 17.8. The van der Waals surface area contributed by atoms with Gasteiger partial charge in [-0.3, -0.25) is 9.59 Å². The Balaban J connectivity index is 1.74. The SMILES string of the molecule is CCOC(=O)CSC1c2ccccc2C(=O)N1CCc1ccccc1. The predicted octanol–water partition coefficient (Wildman–Crippen LogP) is 3.68. The van der Waals surface area contributed by atoms with Gasteiger partial charge in [0.2, 0.25) is 0 Å². The van der Waals surface area contributed by atoms with Gasteiger partial charge in [0.1, 0.15) is 5.37 Å². The summed E-state index contributed by atoms with van der Waals surface area (Å²) in [5.74, 6) is 0.0299. The zero-order chi connectivity index (χ0) is 17.6. The molecule has 0 aliphatic carbocycles. The first-order chi connectivity index (χ1) is 12.2. The van der Waals surface area contributed by atoms with Gasteiger partial charge in [-0.2, -0.15) is 0 Å². The Labute approximate surface area is 152 Å². The third-order valence-electron chi connectivity index (χ3n) is 4.15. The van der Waals surface area contributed by atoms with Crippen molar-refractivity contribution in [1.29, 1.82) is 0 Å². The Hall–Kier alpha value is -2.27. The molecule has 1 amide bonds. The number of carbonyl (C=O) groups is 2. The van der Waals surface area contributed by atoms with Gasteiger partial charge in [0, 0.05) is 12.1 Å². The van der Waals surface area contributed by atoms with Crippen LogP contribution in [0.15, 0.2) is 54.6 Å². The van der Waals surface area contributed by atoms with Crippen LogP contribution in [0.3, 0.4) is 0 Å². The van der Waals surface area contributed by atoms with Crippen LogP contribution in [0.25, 0.3) is 0 Å². The van der Waals surface area contributed by atoms with Gasteiger partial charge in [-0.25, -0.2) is 0 Å². The molecule has 0 spiro atoms. The van der Waals surface area contributed by atoms with E-state index in [0.717, 1.165) is 17.5 Å². The summed E-state index contributed by atoms with van der Waals surface area (Å²) in [7, 11) is 0. The molecule has 25 heavy (non-hydrogen) atoms. The molecule has 3 rings (SSSR count). The molecule has 0 fully saturated rings. The molecule has 1 heterocycles. The largest absolute Gasteiger partial charge is 0.465 e. The summed E-state index contributed by atoms with van der Waals surface area (Å²) >= 11 is 1.45. The van der Waals surface area contributed by atoms with E-state index in [2.05, 4.69) is 12.1 Å². The first kappa shape index (κ1) is 17.5. The number of carbonyl (C=O) groups excluding carboxylic acids is 2. The normalized spacial score (nSPS) is 16.0. The second-order valence-electron chi connectivity index (χ2n) is 5.79. The zero-order valence-corrected chi connectivity index (χ0v) is 15.0. The second kappa shape index (κ2) is 8.21. The minimum absolute atomic E-state index is 0.0351. The van der Waals surface area contributed by atoms with E-state index in [1.54, 1.807) is 6.92 Å². The molecule has 1 aliphatic heterocycles. The quantitative estimate of drug-likeness (QED) is 0.711. The van der Waals surface area contributed by atoms with E-state index < -0.39 is 0 Å². The monoisotopic (exact) mass is 355 g/mol. The van der Waals surface area contributed by atoms with Gasteiger partial charge in [-0.1, -0.05) is 48.5 Å². The summed E-state index contributed by atoms with van der Waals surface area (Å²) in [5, 5.41) is -0.142. The second-order valence-corrected chi connectivity index (χ2v) is 6.86. The molecule has 1 aliphatic rings. The fourth-order valence-corrected chi connectivity index (χ4v) is 4.12. The molecule has 0 radical (unpaired) electrons. The van der Waals surface area contributed by atoms with Crippen LogP contribution in [0.1, 0.15) is 33.8 Å². The van der Waals surface area contributed by atoms with Crippen LogP contribution in [0, 0.1) is 0 Å². The summed E-state index contributed by atoms with van der Waals surface area (Å²) in [4.78, 5) is 26.4. The highest BCUT2D eigenvalue weighted by atomic mass is 32.2. The van der Waals surface area contributed by atoms with E-state index in [1.165, 1.54) is 17.3 Å². The molecular formula is C20H21NO3S. The first-order valence-electron chi connectivity index (χ1n) is 8.41. The topological polar surface area (TPSA) is 46.6 Å². The van der Waals surface area contributed by atoms with Crippen molar-refractivity contribution in [1.82, 2.24) is 4.90 Å². The molecule has 5 heteroatoms. The van der Waals surface area contributed by atoms with Crippen molar-refractivity contribution in [3.05, 3.63) is 71.3 Å². The molecule has 0 saturated heterocycles. The average molecular weight is 355 g/mol. The highest BCUT2D eigenvalue weighted by Crippen LogP contribution is 2.41. The molecule has 0 saturated carbocycles. The van der Waals surface area contributed by atoms with Gasteiger partial charge in [0.25, 0.3) is 5.91 Å². The number of hydrogen-bond acceptors (Lipinski definition) is 4. The molecular weight excluding hydrogens is 334 g/mol. The fraction of sp³-hybridized carbons (Fsp3) is 0.300. The maximum atomic E-state index is 12.8. The van der Waals surface area contributed by atoms with Gasteiger partial charge in [0.15, 0.2) is 0 Å². The number of nitrogens with zero attached hydrogens (tertiary/aromatic N) is 1. The van der Waals surface area contributed by atoms with Crippen LogP contribution < -0.4 is 0 Å². The Morgan fingerprint density at radius 3 is 2.60 bits per heavy atom. The molecule has 1 atom stereocenters. The fourth-order valence-electron chi connectivity index (χ4n) is 2.98. The maximum Gasteiger partial charge on any atom is 0.315 e. The number of rotatable bonds is 7. The highest BCUT2D eigenvalue weighted by molar-refractivity contribution is 8.00. The third-order valence-corrected chi connectivity index (χ3v) is 5.38. The van der Waals surface area contributed by atoms with E-state index in [-0.39, 0.29) is 23.0 Å². The van der Waals surface area contributed by atoms with E-state index in [9.17, 15) is 9.59 Å². The van der Waals surface area contributed by atoms with E-state index in [4.69, 9.17) is 4.74 Å². The van der Waals surface area contributed by atoms with Crippen LogP contribution in [0.4, 0.5) is 0 Å². The minimum Gasteiger partial charge on any atom is -0.465 e. The molecule has 1 unspecified atom stereocenters. The zero-order valence-electron chi connectivity index (χ0n) is 14.2. The maximum absolute atomic E-state index is 12.8. The summed E-state index contributed by atoms with van der Waals surface area (Å²) in [6.45, 7) is 2.79. The van der Waals surface area contributed by atoms with Crippen LogP contribution >= 0.6 is 11.8 Å². The van der Waals surface area contributed by atoms with E-state index in [1.807, 2.05) is 47.4 Å². The van der Waals surface area contributed by atoms with Crippen LogP contribution in [0.2, 0.25) is 0 Å². The molecule has 0 bridgehead atoms. The predicted molar refractivity (Wildman–Crippen MR) is 99.5 cm³/mol. The van der Waals surface area contributed by atoms with Crippen molar-refractivity contribution < 1.29 is 14.3 Å². The molecule has 2 aromatic rings. The van der Waals surface area contributed by atoms with Crippen LogP contribution in [-0.4, -0.2) is 35.7 Å². The Morgan fingerprint density at radius 1 is 1.12 bits per heavy atom. The molecule has 0 N–H and O–H groups in total. The molecule has 0 aromatic heterocycles. The number of hydrogen-bond donors (Lipinski definition) is 0. The summed E-state index contributed by atoms with van der Waals surface area (Å²) in [6.07, 6.45) is 0.789. The average Bonchev–Trinajstić information content (AvgIpc) is 2.91. The third kappa shape index (κ3) is 4.04. The number of fused-ring (bicyclic) bond motifs is 1. The van der Waals surface area contributed by atoms with Crippen molar-refractivity contribution in [3.8, 4) is 0 Å². The van der Waals surface area contributed by atoms with Gasteiger partial charge >= 0.3 is 5.97 Å². The smallest absolute Gasteiger partial charge is 0.315 e. The number of amides is 1. The van der Waals surface area contributed by atoms with Crippen molar-refractivity contribution in [2.45, 2.75) is 18.7 Å². The lowest BCUT2D eigenvalue weighted by atomic mass is 10.1. The Morgan fingerprint density at radius 2 is 1.84 bits per heavy atom. The Kier molecular flexibility index (Phi) is 5.76. The lowest BCUT2D eigenvalue weighted by Crippen LogP contribution is -2.29. The van der Waals surface area contributed by atoms with Crippen molar-refractivity contribution in [2.24, 2.45) is 0 Å². The Bertz CT molecular complexity index is 748. The number of ether oxygens (including phenoxy) is 1. The van der Waals surface area contributed by atoms with Gasteiger partial charge in [-0.15, -0.1) is 11.8 Å². The summed E-state index contributed by atoms with van der Waals surface area (Å²) < 4.78 is 5.02. The lowest BCUT2D eigenvalue weighted by molar-refractivity contribution is -0.139. The number of benzene rings is 2. The number of thioether (sulfide) groups is 1. The first-order valence-corrected chi connectivity index (χ1v) is 9.46.